The smallest absolute Gasteiger partial charge is 0.335 e. The minimum absolute atomic E-state index is 0.0222. The summed E-state index contributed by atoms with van der Waals surface area (Å²) in [5.41, 5.74) is 5.75. The standard InChI is InChI=1S/C11H12N4O4S/c1-15-10(4-5-13-15)20(18,19)14-9-3-2-7(11(16)17)6-8(9)12/h2-6,14H,12H2,1H3,(H,16,17). The van der Waals surface area contributed by atoms with Gasteiger partial charge in [-0.05, 0) is 24.3 Å². The van der Waals surface area contributed by atoms with Crippen LogP contribution >= 0.6 is 0 Å². The number of hydrogen-bond acceptors (Lipinski definition) is 5. The van der Waals surface area contributed by atoms with Gasteiger partial charge in [-0.25, -0.2) is 4.79 Å². The molecule has 1 aromatic carbocycles. The maximum atomic E-state index is 12.1. The van der Waals surface area contributed by atoms with Gasteiger partial charge in [0.1, 0.15) is 0 Å². The molecular formula is C11H12N4O4S. The average molecular weight is 296 g/mol. The first-order valence-electron chi connectivity index (χ1n) is 5.45. The summed E-state index contributed by atoms with van der Waals surface area (Å²) in [4.78, 5) is 10.8. The van der Waals surface area contributed by atoms with E-state index in [0.29, 0.717) is 0 Å². The molecule has 0 aliphatic rings. The number of nitrogens with one attached hydrogen (secondary N) is 1. The summed E-state index contributed by atoms with van der Waals surface area (Å²) >= 11 is 0. The maximum absolute atomic E-state index is 12.1. The molecule has 0 atom stereocenters. The lowest BCUT2D eigenvalue weighted by molar-refractivity contribution is 0.0697. The second-order valence-corrected chi connectivity index (χ2v) is 5.64. The molecule has 106 valence electrons. The van der Waals surface area contributed by atoms with Crippen molar-refractivity contribution < 1.29 is 18.3 Å². The van der Waals surface area contributed by atoms with Gasteiger partial charge in [0.05, 0.1) is 23.1 Å². The fourth-order valence-corrected chi connectivity index (χ4v) is 2.83. The third-order valence-electron chi connectivity index (χ3n) is 2.59. The number of rotatable bonds is 4. The van der Waals surface area contributed by atoms with Crippen LogP contribution in [0.3, 0.4) is 0 Å². The highest BCUT2D eigenvalue weighted by molar-refractivity contribution is 7.92. The molecule has 2 aromatic rings. The molecule has 0 unspecified atom stereocenters. The normalized spacial score (nSPS) is 11.2. The molecule has 8 nitrogen and oxygen atoms in total. The van der Waals surface area contributed by atoms with E-state index in [0.717, 1.165) is 0 Å². The van der Waals surface area contributed by atoms with E-state index in [1.54, 1.807) is 0 Å². The molecule has 20 heavy (non-hydrogen) atoms. The molecule has 0 aliphatic heterocycles. The Kier molecular flexibility index (Phi) is 3.36. The highest BCUT2D eigenvalue weighted by atomic mass is 32.2. The highest BCUT2D eigenvalue weighted by Crippen LogP contribution is 2.23. The first-order valence-corrected chi connectivity index (χ1v) is 6.93. The number of sulfonamides is 1. The zero-order valence-electron chi connectivity index (χ0n) is 10.4. The Balaban J connectivity index is 2.36. The van der Waals surface area contributed by atoms with E-state index in [-0.39, 0.29) is 22.0 Å². The number of carboxylic acids is 1. The van der Waals surface area contributed by atoms with Crippen molar-refractivity contribution in [2.75, 3.05) is 10.5 Å². The topological polar surface area (TPSA) is 127 Å². The zero-order chi connectivity index (χ0) is 14.9. The van der Waals surface area contributed by atoms with Crippen molar-refractivity contribution in [1.29, 1.82) is 0 Å². The van der Waals surface area contributed by atoms with Crippen LogP contribution in [0.25, 0.3) is 0 Å². The van der Waals surface area contributed by atoms with Crippen LogP contribution in [0.15, 0.2) is 35.5 Å². The van der Waals surface area contributed by atoms with Crippen molar-refractivity contribution in [1.82, 2.24) is 9.78 Å². The van der Waals surface area contributed by atoms with E-state index < -0.39 is 16.0 Å². The van der Waals surface area contributed by atoms with Gasteiger partial charge in [-0.2, -0.15) is 13.5 Å². The number of carboxylic acid groups (broad SMARTS) is 1. The average Bonchev–Trinajstić information content (AvgIpc) is 2.78. The van der Waals surface area contributed by atoms with Crippen LogP contribution in [-0.4, -0.2) is 29.3 Å². The lowest BCUT2D eigenvalue weighted by Crippen LogP contribution is -2.17. The molecule has 0 bridgehead atoms. The first kappa shape index (κ1) is 13.9. The van der Waals surface area contributed by atoms with Gasteiger partial charge in [-0.1, -0.05) is 0 Å². The van der Waals surface area contributed by atoms with Crippen LogP contribution < -0.4 is 10.5 Å². The summed E-state index contributed by atoms with van der Waals surface area (Å²) in [5.74, 6) is -1.14. The van der Waals surface area contributed by atoms with Crippen LogP contribution in [0.5, 0.6) is 0 Å². The van der Waals surface area contributed by atoms with E-state index in [4.69, 9.17) is 10.8 Å². The van der Waals surface area contributed by atoms with E-state index in [9.17, 15) is 13.2 Å². The van der Waals surface area contributed by atoms with E-state index >= 15 is 0 Å². The van der Waals surface area contributed by atoms with Gasteiger partial charge in [-0.3, -0.25) is 9.40 Å². The fraction of sp³-hybridized carbons (Fsp3) is 0.0909. The molecule has 9 heteroatoms. The molecular weight excluding hydrogens is 284 g/mol. The van der Waals surface area contributed by atoms with Gasteiger partial charge < -0.3 is 10.8 Å². The van der Waals surface area contributed by atoms with Gasteiger partial charge >= 0.3 is 5.97 Å². The number of nitrogen functional groups attached to an aromatic ring is 1. The number of aryl methyl sites for hydroxylation is 1. The van der Waals surface area contributed by atoms with Crippen LogP contribution in [0.2, 0.25) is 0 Å². The van der Waals surface area contributed by atoms with Crippen molar-refractivity contribution in [2.24, 2.45) is 7.05 Å². The molecule has 0 saturated heterocycles. The van der Waals surface area contributed by atoms with Gasteiger partial charge in [0.25, 0.3) is 10.0 Å². The number of hydrogen-bond donors (Lipinski definition) is 3. The Bertz CT molecular complexity index is 766. The SMILES string of the molecule is Cn1nccc1S(=O)(=O)Nc1ccc(C(=O)O)cc1N. The number of nitrogens with zero attached hydrogens (tertiary/aromatic N) is 2. The summed E-state index contributed by atoms with van der Waals surface area (Å²) < 4.78 is 27.7. The van der Waals surface area contributed by atoms with Crippen molar-refractivity contribution in [3.05, 3.63) is 36.0 Å². The quantitative estimate of drug-likeness (QED) is 0.705. The van der Waals surface area contributed by atoms with Crippen LogP contribution in [0.1, 0.15) is 10.4 Å². The van der Waals surface area contributed by atoms with Gasteiger partial charge in [-0.15, -0.1) is 0 Å². The Morgan fingerprint density at radius 1 is 1.40 bits per heavy atom. The first-order chi connectivity index (χ1) is 9.31. The Hall–Kier alpha value is -2.55. The predicted molar refractivity (Wildman–Crippen MR) is 71.8 cm³/mol. The minimum atomic E-state index is -3.83. The number of benzene rings is 1. The van der Waals surface area contributed by atoms with E-state index in [1.807, 2.05) is 0 Å². The number of aromatic nitrogens is 2. The second kappa shape index (κ2) is 4.85. The van der Waals surface area contributed by atoms with Crippen molar-refractivity contribution in [2.45, 2.75) is 5.03 Å². The van der Waals surface area contributed by atoms with Crippen LogP contribution in [-0.2, 0) is 17.1 Å². The Morgan fingerprint density at radius 3 is 2.60 bits per heavy atom. The number of carbonyl (C=O) groups is 1. The van der Waals surface area contributed by atoms with Crippen molar-refractivity contribution >= 4 is 27.4 Å². The third-order valence-corrected chi connectivity index (χ3v) is 4.03. The third kappa shape index (κ3) is 2.57. The molecule has 0 saturated carbocycles. The highest BCUT2D eigenvalue weighted by Gasteiger charge is 2.19. The molecule has 0 aliphatic carbocycles. The minimum Gasteiger partial charge on any atom is -0.478 e. The molecule has 0 spiro atoms. The lowest BCUT2D eigenvalue weighted by Gasteiger charge is -2.10. The molecule has 1 heterocycles. The predicted octanol–water partition coefficient (Wildman–Crippen LogP) is 0.501. The maximum Gasteiger partial charge on any atom is 0.335 e. The number of aromatic carboxylic acids is 1. The summed E-state index contributed by atoms with van der Waals surface area (Å²) in [6.07, 6.45) is 1.35. The largest absolute Gasteiger partial charge is 0.478 e. The monoisotopic (exact) mass is 296 g/mol. The van der Waals surface area contributed by atoms with Gasteiger partial charge in [0, 0.05) is 7.05 Å². The molecule has 0 amide bonds. The molecule has 0 fully saturated rings. The lowest BCUT2D eigenvalue weighted by atomic mass is 10.2. The molecule has 2 rings (SSSR count). The second-order valence-electron chi connectivity index (χ2n) is 4.01. The van der Waals surface area contributed by atoms with Crippen molar-refractivity contribution in [3.63, 3.8) is 0 Å². The number of nitrogens with two attached hydrogens (primary N) is 1. The number of anilines is 2. The van der Waals surface area contributed by atoms with Crippen LogP contribution in [0, 0.1) is 0 Å². The fourth-order valence-electron chi connectivity index (χ4n) is 1.61. The summed E-state index contributed by atoms with van der Waals surface area (Å²) in [6, 6.07) is 5.08. The molecule has 0 radical (unpaired) electrons. The van der Waals surface area contributed by atoms with Crippen LogP contribution in [0.4, 0.5) is 11.4 Å². The molecule has 4 N–H and O–H groups in total. The zero-order valence-corrected chi connectivity index (χ0v) is 11.3. The summed E-state index contributed by atoms with van der Waals surface area (Å²) in [7, 11) is -2.34. The Labute approximate surface area is 114 Å². The molecule has 1 aromatic heterocycles. The summed E-state index contributed by atoms with van der Waals surface area (Å²) in [6.45, 7) is 0. The Morgan fingerprint density at radius 2 is 2.10 bits per heavy atom. The van der Waals surface area contributed by atoms with E-state index in [2.05, 4.69) is 9.82 Å². The van der Waals surface area contributed by atoms with Gasteiger partial charge in [0.15, 0.2) is 5.03 Å². The summed E-state index contributed by atoms with van der Waals surface area (Å²) in [5, 5.41) is 12.6. The van der Waals surface area contributed by atoms with Crippen molar-refractivity contribution in [3.8, 4) is 0 Å². The van der Waals surface area contributed by atoms with E-state index in [1.165, 1.54) is 42.2 Å². The van der Waals surface area contributed by atoms with Gasteiger partial charge in [0.2, 0.25) is 0 Å².